The molecule has 0 spiro atoms. The van der Waals surface area contributed by atoms with Crippen molar-refractivity contribution in [3.63, 3.8) is 0 Å². The quantitative estimate of drug-likeness (QED) is 0.827. The lowest BCUT2D eigenvalue weighted by molar-refractivity contribution is 0.362. The highest BCUT2D eigenvalue weighted by Crippen LogP contribution is 2.42. The van der Waals surface area contributed by atoms with Gasteiger partial charge in [0.15, 0.2) is 0 Å². The standard InChI is InChI=1S/C20H26O2/c1-6-15(4)20(5,16-7-9-18(21)13(2)11-16)17-8-10-19(22)14(3)12-17/h7-12,15,21-22H,6H2,1-5H3. The van der Waals surface area contributed by atoms with Gasteiger partial charge in [0, 0.05) is 5.41 Å². The predicted molar refractivity (Wildman–Crippen MR) is 91.6 cm³/mol. The number of hydrogen-bond donors (Lipinski definition) is 2. The predicted octanol–water partition coefficient (Wildman–Crippen LogP) is 5.07. The van der Waals surface area contributed by atoms with E-state index in [2.05, 4.69) is 32.9 Å². The molecule has 0 aliphatic carbocycles. The molecule has 0 radical (unpaired) electrons. The minimum Gasteiger partial charge on any atom is -0.508 e. The second-order valence-electron chi connectivity index (χ2n) is 6.51. The van der Waals surface area contributed by atoms with Crippen LogP contribution in [0.25, 0.3) is 0 Å². The highest BCUT2D eigenvalue weighted by molar-refractivity contribution is 5.47. The Balaban J connectivity index is 2.66. The second kappa shape index (κ2) is 6.04. The van der Waals surface area contributed by atoms with Gasteiger partial charge in [-0.05, 0) is 54.2 Å². The maximum absolute atomic E-state index is 9.82. The zero-order valence-corrected chi connectivity index (χ0v) is 14.1. The van der Waals surface area contributed by atoms with Gasteiger partial charge in [-0.3, -0.25) is 0 Å². The monoisotopic (exact) mass is 298 g/mol. The topological polar surface area (TPSA) is 40.5 Å². The Bertz CT molecular complexity index is 622. The van der Waals surface area contributed by atoms with Gasteiger partial charge < -0.3 is 10.2 Å². The Kier molecular flexibility index (Phi) is 4.50. The Hall–Kier alpha value is -1.96. The number of rotatable bonds is 4. The van der Waals surface area contributed by atoms with Crippen molar-refractivity contribution in [2.75, 3.05) is 0 Å². The molecule has 118 valence electrons. The molecule has 0 fully saturated rings. The van der Waals surface area contributed by atoms with Crippen LogP contribution in [0.4, 0.5) is 0 Å². The van der Waals surface area contributed by atoms with Crippen LogP contribution in [0.15, 0.2) is 36.4 Å². The lowest BCUT2D eigenvalue weighted by atomic mass is 9.66. The van der Waals surface area contributed by atoms with Gasteiger partial charge in [-0.1, -0.05) is 51.5 Å². The molecule has 2 aromatic rings. The van der Waals surface area contributed by atoms with Crippen LogP contribution in [-0.2, 0) is 5.41 Å². The molecule has 0 aliphatic rings. The van der Waals surface area contributed by atoms with Crippen LogP contribution in [0, 0.1) is 19.8 Å². The van der Waals surface area contributed by atoms with Gasteiger partial charge >= 0.3 is 0 Å². The fraction of sp³-hybridized carbons (Fsp3) is 0.400. The molecule has 0 amide bonds. The van der Waals surface area contributed by atoms with E-state index >= 15 is 0 Å². The minimum atomic E-state index is -0.161. The average Bonchev–Trinajstić information content (AvgIpc) is 2.51. The number of aryl methyl sites for hydroxylation is 2. The fourth-order valence-corrected chi connectivity index (χ4v) is 3.10. The molecule has 22 heavy (non-hydrogen) atoms. The van der Waals surface area contributed by atoms with E-state index in [1.54, 1.807) is 12.1 Å². The van der Waals surface area contributed by atoms with Crippen molar-refractivity contribution >= 4 is 0 Å². The fourth-order valence-electron chi connectivity index (χ4n) is 3.10. The maximum Gasteiger partial charge on any atom is 0.118 e. The normalized spacial score (nSPS) is 13.1. The molecule has 2 rings (SSSR count). The minimum absolute atomic E-state index is 0.161. The molecule has 0 saturated heterocycles. The van der Waals surface area contributed by atoms with Crippen LogP contribution >= 0.6 is 0 Å². The average molecular weight is 298 g/mol. The first kappa shape index (κ1) is 16.4. The first-order valence-electron chi connectivity index (χ1n) is 7.90. The molecule has 1 atom stereocenters. The van der Waals surface area contributed by atoms with E-state index in [4.69, 9.17) is 0 Å². The SMILES string of the molecule is CCC(C)C(C)(c1ccc(O)c(C)c1)c1ccc(O)c(C)c1. The van der Waals surface area contributed by atoms with Gasteiger partial charge in [0.05, 0.1) is 0 Å². The van der Waals surface area contributed by atoms with Crippen LogP contribution < -0.4 is 0 Å². The van der Waals surface area contributed by atoms with E-state index in [1.807, 2.05) is 26.0 Å². The third-order valence-corrected chi connectivity index (χ3v) is 5.19. The van der Waals surface area contributed by atoms with E-state index in [1.165, 1.54) is 11.1 Å². The van der Waals surface area contributed by atoms with Crippen molar-refractivity contribution in [1.82, 2.24) is 0 Å². The Morgan fingerprint density at radius 3 is 1.64 bits per heavy atom. The molecule has 2 heteroatoms. The smallest absolute Gasteiger partial charge is 0.118 e. The lowest BCUT2D eigenvalue weighted by Gasteiger charge is -2.37. The van der Waals surface area contributed by atoms with E-state index in [9.17, 15) is 10.2 Å². The zero-order valence-electron chi connectivity index (χ0n) is 14.1. The highest BCUT2D eigenvalue weighted by Gasteiger charge is 2.34. The molecular weight excluding hydrogens is 272 g/mol. The summed E-state index contributed by atoms with van der Waals surface area (Å²) in [6.45, 7) is 10.6. The summed E-state index contributed by atoms with van der Waals surface area (Å²) in [7, 11) is 0. The largest absolute Gasteiger partial charge is 0.508 e. The molecule has 0 aliphatic heterocycles. The van der Waals surface area contributed by atoms with Crippen LogP contribution in [0.1, 0.15) is 49.4 Å². The second-order valence-corrected chi connectivity index (χ2v) is 6.51. The lowest BCUT2D eigenvalue weighted by Crippen LogP contribution is -2.31. The molecule has 0 bridgehead atoms. The van der Waals surface area contributed by atoms with Crippen molar-refractivity contribution in [2.24, 2.45) is 5.92 Å². The third-order valence-electron chi connectivity index (χ3n) is 5.19. The summed E-state index contributed by atoms with van der Waals surface area (Å²) in [6, 6.07) is 11.7. The highest BCUT2D eigenvalue weighted by atomic mass is 16.3. The molecule has 2 aromatic carbocycles. The molecule has 0 aromatic heterocycles. The summed E-state index contributed by atoms with van der Waals surface area (Å²) in [5.74, 6) is 1.09. The van der Waals surface area contributed by atoms with Crippen molar-refractivity contribution in [2.45, 2.75) is 46.5 Å². The summed E-state index contributed by atoms with van der Waals surface area (Å²) in [5, 5.41) is 19.6. The number of phenolic OH excluding ortho intramolecular Hbond substituents is 2. The van der Waals surface area contributed by atoms with Crippen LogP contribution in [0.5, 0.6) is 11.5 Å². The zero-order chi connectivity index (χ0) is 16.5. The third kappa shape index (κ3) is 2.70. The number of phenols is 2. The Morgan fingerprint density at radius 2 is 1.32 bits per heavy atom. The van der Waals surface area contributed by atoms with Gasteiger partial charge in [0.2, 0.25) is 0 Å². The molecule has 2 nitrogen and oxygen atoms in total. The van der Waals surface area contributed by atoms with Gasteiger partial charge in [-0.15, -0.1) is 0 Å². The maximum atomic E-state index is 9.82. The molecule has 0 saturated carbocycles. The first-order valence-corrected chi connectivity index (χ1v) is 7.90. The van der Waals surface area contributed by atoms with Gasteiger partial charge in [-0.25, -0.2) is 0 Å². The Labute approximate surface area is 133 Å². The van der Waals surface area contributed by atoms with Gasteiger partial charge in [0.1, 0.15) is 11.5 Å². The van der Waals surface area contributed by atoms with Crippen molar-refractivity contribution < 1.29 is 10.2 Å². The first-order chi connectivity index (χ1) is 10.3. The van der Waals surface area contributed by atoms with E-state index in [0.29, 0.717) is 17.4 Å². The van der Waals surface area contributed by atoms with E-state index < -0.39 is 0 Å². The van der Waals surface area contributed by atoms with E-state index in [-0.39, 0.29) is 5.41 Å². The summed E-state index contributed by atoms with van der Waals surface area (Å²) >= 11 is 0. The summed E-state index contributed by atoms with van der Waals surface area (Å²) < 4.78 is 0. The summed E-state index contributed by atoms with van der Waals surface area (Å²) in [4.78, 5) is 0. The summed E-state index contributed by atoms with van der Waals surface area (Å²) in [5.41, 5.74) is 4.01. The van der Waals surface area contributed by atoms with Gasteiger partial charge in [0.25, 0.3) is 0 Å². The molecule has 0 heterocycles. The summed E-state index contributed by atoms with van der Waals surface area (Å²) in [6.07, 6.45) is 1.05. The van der Waals surface area contributed by atoms with E-state index in [0.717, 1.165) is 17.5 Å². The van der Waals surface area contributed by atoms with Crippen LogP contribution in [0.3, 0.4) is 0 Å². The van der Waals surface area contributed by atoms with Crippen LogP contribution in [0.2, 0.25) is 0 Å². The van der Waals surface area contributed by atoms with Crippen molar-refractivity contribution in [3.05, 3.63) is 58.7 Å². The number of benzene rings is 2. The number of hydrogen-bond acceptors (Lipinski definition) is 2. The van der Waals surface area contributed by atoms with Crippen molar-refractivity contribution in [1.29, 1.82) is 0 Å². The van der Waals surface area contributed by atoms with Crippen LogP contribution in [-0.4, -0.2) is 10.2 Å². The Morgan fingerprint density at radius 1 is 0.909 bits per heavy atom. The van der Waals surface area contributed by atoms with Gasteiger partial charge in [-0.2, -0.15) is 0 Å². The molecule has 2 N–H and O–H groups in total. The van der Waals surface area contributed by atoms with Crippen molar-refractivity contribution in [3.8, 4) is 11.5 Å². The molecular formula is C20H26O2. The number of aromatic hydroxyl groups is 2. The molecule has 1 unspecified atom stereocenters.